The summed E-state index contributed by atoms with van der Waals surface area (Å²) in [4.78, 5) is 39.8. The van der Waals surface area contributed by atoms with Crippen LogP contribution in [0, 0.1) is 0 Å². The molecular formula is C24H28N2O8. The molecule has 2 aromatic carbocycles. The Morgan fingerprint density at radius 2 is 1.76 bits per heavy atom. The Morgan fingerprint density at radius 3 is 2.38 bits per heavy atom. The van der Waals surface area contributed by atoms with Gasteiger partial charge in [0.15, 0.2) is 18.1 Å². The largest absolute Gasteiger partial charge is 0.493 e. The number of fused-ring (bicyclic) bond motifs is 1. The number of hydrogen-bond donors (Lipinski definition) is 1. The topological polar surface area (TPSA) is 113 Å². The molecule has 182 valence electrons. The molecule has 0 radical (unpaired) electrons. The maximum absolute atomic E-state index is 13.4. The molecule has 0 fully saturated rings. The summed E-state index contributed by atoms with van der Waals surface area (Å²) < 4.78 is 26.8. The predicted molar refractivity (Wildman–Crippen MR) is 121 cm³/mol. The summed E-state index contributed by atoms with van der Waals surface area (Å²) in [6.45, 7) is 1.38. The van der Waals surface area contributed by atoms with Crippen LogP contribution in [-0.4, -0.2) is 63.8 Å². The van der Waals surface area contributed by atoms with Crippen molar-refractivity contribution in [2.24, 2.45) is 0 Å². The molecule has 3 rings (SSSR count). The monoisotopic (exact) mass is 472 g/mol. The second-order valence-corrected chi connectivity index (χ2v) is 7.30. The minimum atomic E-state index is -1.12. The molecule has 0 bridgehead atoms. The zero-order valence-corrected chi connectivity index (χ0v) is 19.6. The van der Waals surface area contributed by atoms with Crippen molar-refractivity contribution in [3.63, 3.8) is 0 Å². The zero-order valence-electron chi connectivity index (χ0n) is 19.6. The van der Waals surface area contributed by atoms with Crippen molar-refractivity contribution in [2.75, 3.05) is 41.1 Å². The molecule has 1 aliphatic rings. The predicted octanol–water partition coefficient (Wildman–Crippen LogP) is 1.85. The van der Waals surface area contributed by atoms with Crippen LogP contribution in [0.2, 0.25) is 0 Å². The van der Waals surface area contributed by atoms with E-state index in [9.17, 15) is 14.4 Å². The SMILES string of the molecule is CCOC(=O)CNC(=O)C(c1cc(OC)c(OC)c(OC)c1)N1Cc2ccccc2OCC1=O. The van der Waals surface area contributed by atoms with Crippen LogP contribution in [0.4, 0.5) is 0 Å². The van der Waals surface area contributed by atoms with Gasteiger partial charge >= 0.3 is 5.97 Å². The molecular weight excluding hydrogens is 444 g/mol. The first kappa shape index (κ1) is 24.7. The van der Waals surface area contributed by atoms with Crippen LogP contribution in [0.1, 0.15) is 24.1 Å². The molecule has 0 spiro atoms. The van der Waals surface area contributed by atoms with Crippen molar-refractivity contribution in [1.29, 1.82) is 0 Å². The van der Waals surface area contributed by atoms with Crippen molar-refractivity contribution in [2.45, 2.75) is 19.5 Å². The van der Waals surface area contributed by atoms with E-state index in [1.807, 2.05) is 18.2 Å². The first-order chi connectivity index (χ1) is 16.4. The van der Waals surface area contributed by atoms with Gasteiger partial charge in [-0.1, -0.05) is 18.2 Å². The van der Waals surface area contributed by atoms with Gasteiger partial charge in [0.25, 0.3) is 5.91 Å². The minimum absolute atomic E-state index is 0.114. The van der Waals surface area contributed by atoms with Gasteiger partial charge in [0, 0.05) is 5.56 Å². The third-order valence-electron chi connectivity index (χ3n) is 5.26. The highest BCUT2D eigenvalue weighted by molar-refractivity contribution is 5.91. The molecule has 1 N–H and O–H groups in total. The van der Waals surface area contributed by atoms with Crippen LogP contribution in [0.15, 0.2) is 36.4 Å². The van der Waals surface area contributed by atoms with Gasteiger partial charge < -0.3 is 33.9 Å². The Bertz CT molecular complexity index is 1030. The molecule has 0 aliphatic carbocycles. The summed E-state index contributed by atoms with van der Waals surface area (Å²) >= 11 is 0. The lowest BCUT2D eigenvalue weighted by Crippen LogP contribution is -2.45. The Kier molecular flexibility index (Phi) is 8.18. The number of amides is 2. The molecule has 0 aromatic heterocycles. The van der Waals surface area contributed by atoms with Crippen molar-refractivity contribution < 1.29 is 38.1 Å². The second-order valence-electron chi connectivity index (χ2n) is 7.30. The Morgan fingerprint density at radius 1 is 1.09 bits per heavy atom. The first-order valence-electron chi connectivity index (χ1n) is 10.7. The number of benzene rings is 2. The number of ether oxygens (including phenoxy) is 5. The Labute approximate surface area is 197 Å². The molecule has 1 aliphatic heterocycles. The number of carbonyl (C=O) groups excluding carboxylic acids is 3. The second kappa shape index (κ2) is 11.3. The summed E-state index contributed by atoms with van der Waals surface area (Å²) in [5, 5.41) is 2.57. The first-order valence-corrected chi connectivity index (χ1v) is 10.7. The summed E-state index contributed by atoms with van der Waals surface area (Å²) in [5.41, 5.74) is 1.15. The lowest BCUT2D eigenvalue weighted by atomic mass is 10.0. The van der Waals surface area contributed by atoms with Crippen LogP contribution >= 0.6 is 0 Å². The fourth-order valence-electron chi connectivity index (χ4n) is 3.70. The summed E-state index contributed by atoms with van der Waals surface area (Å²) in [7, 11) is 4.38. The highest BCUT2D eigenvalue weighted by atomic mass is 16.5. The van der Waals surface area contributed by atoms with Crippen LogP contribution in [-0.2, 0) is 25.7 Å². The third-order valence-corrected chi connectivity index (χ3v) is 5.26. The van der Waals surface area contributed by atoms with Gasteiger partial charge in [-0.2, -0.15) is 0 Å². The third kappa shape index (κ3) is 5.33. The van der Waals surface area contributed by atoms with Gasteiger partial charge in [-0.05, 0) is 30.7 Å². The zero-order chi connectivity index (χ0) is 24.7. The molecule has 0 saturated carbocycles. The van der Waals surface area contributed by atoms with Gasteiger partial charge in [-0.3, -0.25) is 14.4 Å². The average molecular weight is 472 g/mol. The molecule has 1 unspecified atom stereocenters. The van der Waals surface area contributed by atoms with E-state index < -0.39 is 23.8 Å². The number of nitrogens with one attached hydrogen (secondary N) is 1. The number of rotatable bonds is 9. The van der Waals surface area contributed by atoms with Gasteiger partial charge in [0.1, 0.15) is 18.3 Å². The van der Waals surface area contributed by atoms with E-state index in [0.717, 1.165) is 5.56 Å². The highest BCUT2D eigenvalue weighted by Gasteiger charge is 2.35. The molecule has 10 heteroatoms. The molecule has 1 atom stereocenters. The van der Waals surface area contributed by atoms with E-state index in [0.29, 0.717) is 28.6 Å². The van der Waals surface area contributed by atoms with E-state index in [4.69, 9.17) is 23.7 Å². The standard InChI is InChI=1S/C24H28N2O8/c1-5-33-21(28)12-25-24(29)22(16-10-18(30-2)23(32-4)19(11-16)31-3)26-13-15-8-6-7-9-17(15)34-14-20(26)27/h6-11,22H,5,12-14H2,1-4H3,(H,25,29). The smallest absolute Gasteiger partial charge is 0.325 e. The number of methoxy groups -OCH3 is 3. The Hall–Kier alpha value is -3.95. The van der Waals surface area contributed by atoms with Gasteiger partial charge in [0.2, 0.25) is 11.7 Å². The van der Waals surface area contributed by atoms with Crippen LogP contribution in [0.5, 0.6) is 23.0 Å². The molecule has 34 heavy (non-hydrogen) atoms. The highest BCUT2D eigenvalue weighted by Crippen LogP contribution is 2.41. The van der Waals surface area contributed by atoms with Crippen molar-refractivity contribution >= 4 is 17.8 Å². The number of carbonyl (C=O) groups is 3. The van der Waals surface area contributed by atoms with Crippen LogP contribution < -0.4 is 24.3 Å². The van der Waals surface area contributed by atoms with E-state index in [1.54, 1.807) is 25.1 Å². The molecule has 0 saturated heterocycles. The Balaban J connectivity index is 2.07. The molecule has 1 heterocycles. The van der Waals surface area contributed by atoms with Crippen molar-refractivity contribution in [1.82, 2.24) is 10.2 Å². The minimum Gasteiger partial charge on any atom is -0.493 e. The lowest BCUT2D eigenvalue weighted by Gasteiger charge is -2.30. The maximum Gasteiger partial charge on any atom is 0.325 e. The van der Waals surface area contributed by atoms with Gasteiger partial charge in [-0.15, -0.1) is 0 Å². The summed E-state index contributed by atoms with van der Waals surface area (Å²) in [5.74, 6) is -0.0196. The van der Waals surface area contributed by atoms with E-state index in [2.05, 4.69) is 5.32 Å². The van der Waals surface area contributed by atoms with E-state index in [1.165, 1.54) is 26.2 Å². The number of nitrogens with zero attached hydrogens (tertiary/aromatic N) is 1. The fourth-order valence-corrected chi connectivity index (χ4v) is 3.70. The van der Waals surface area contributed by atoms with E-state index >= 15 is 0 Å². The van der Waals surface area contributed by atoms with Gasteiger partial charge in [0.05, 0.1) is 34.5 Å². The van der Waals surface area contributed by atoms with Gasteiger partial charge in [-0.25, -0.2) is 0 Å². The number of esters is 1. The summed E-state index contributed by atoms with van der Waals surface area (Å²) in [6.07, 6.45) is 0. The number of hydrogen-bond acceptors (Lipinski definition) is 8. The lowest BCUT2D eigenvalue weighted by molar-refractivity contribution is -0.145. The van der Waals surface area contributed by atoms with E-state index in [-0.39, 0.29) is 26.3 Å². The molecule has 2 amide bonds. The molecule has 2 aromatic rings. The van der Waals surface area contributed by atoms with Crippen LogP contribution in [0.3, 0.4) is 0 Å². The van der Waals surface area contributed by atoms with Crippen molar-refractivity contribution in [3.8, 4) is 23.0 Å². The summed E-state index contributed by atoms with van der Waals surface area (Å²) in [6, 6.07) is 9.30. The maximum atomic E-state index is 13.4. The van der Waals surface area contributed by atoms with Crippen LogP contribution in [0.25, 0.3) is 0 Å². The number of para-hydroxylation sites is 1. The average Bonchev–Trinajstić information content (AvgIpc) is 3.01. The fraction of sp³-hybridized carbons (Fsp3) is 0.375. The molecule has 10 nitrogen and oxygen atoms in total. The quantitative estimate of drug-likeness (QED) is 0.551. The van der Waals surface area contributed by atoms with Crippen molar-refractivity contribution in [3.05, 3.63) is 47.5 Å². The normalized spacial score (nSPS) is 13.6.